The molecule has 0 heterocycles. The summed E-state index contributed by atoms with van der Waals surface area (Å²) in [5, 5.41) is 44.9. The topological polar surface area (TPSA) is 80.9 Å². The van der Waals surface area contributed by atoms with Crippen LogP contribution in [0.3, 0.4) is 0 Å². The highest BCUT2D eigenvalue weighted by Gasteiger charge is 2.23. The van der Waals surface area contributed by atoms with E-state index in [4.69, 9.17) is 0 Å². The van der Waals surface area contributed by atoms with Crippen LogP contribution in [0.2, 0.25) is 0 Å². The molecular weight excluding hydrogens is 316 g/mol. The summed E-state index contributed by atoms with van der Waals surface area (Å²) in [6.07, 6.45) is 0. The summed E-state index contributed by atoms with van der Waals surface area (Å²) in [6, 6.07) is 17.3. The van der Waals surface area contributed by atoms with Crippen molar-refractivity contribution in [2.24, 2.45) is 0 Å². The van der Waals surface area contributed by atoms with Crippen molar-refractivity contribution in [1.82, 2.24) is 0 Å². The number of hydrogen-bond acceptors (Lipinski definition) is 4. The molecule has 0 unspecified atom stereocenters. The Kier molecular flexibility index (Phi) is 3.22. The Morgan fingerprint density at radius 1 is 0.600 bits per heavy atom. The lowest BCUT2D eigenvalue weighted by Crippen LogP contribution is -1.89. The van der Waals surface area contributed by atoms with E-state index in [1.165, 1.54) is 6.92 Å². The van der Waals surface area contributed by atoms with E-state index in [9.17, 15) is 20.4 Å². The van der Waals surface area contributed by atoms with Crippen LogP contribution in [0.1, 0.15) is 5.56 Å². The van der Waals surface area contributed by atoms with Crippen LogP contribution in [0.5, 0.6) is 23.0 Å². The van der Waals surface area contributed by atoms with E-state index < -0.39 is 23.0 Å². The zero-order valence-electron chi connectivity index (χ0n) is 13.5. The Hall–Kier alpha value is -3.40. The van der Waals surface area contributed by atoms with Crippen LogP contribution in [0, 0.1) is 6.92 Å². The lowest BCUT2D eigenvalue weighted by molar-refractivity contribution is 0.371. The molecular formula is C21H16O4. The van der Waals surface area contributed by atoms with Crippen molar-refractivity contribution in [2.75, 3.05) is 0 Å². The number of phenols is 4. The van der Waals surface area contributed by atoms with Gasteiger partial charge in [0.2, 0.25) is 0 Å². The second kappa shape index (κ2) is 5.31. The van der Waals surface area contributed by atoms with E-state index in [1.807, 2.05) is 54.6 Å². The molecule has 0 aliphatic heterocycles. The number of fused-ring (bicyclic) bond motifs is 3. The van der Waals surface area contributed by atoms with Gasteiger partial charge in [0.1, 0.15) is 0 Å². The van der Waals surface area contributed by atoms with Gasteiger partial charge >= 0.3 is 0 Å². The first-order valence-electron chi connectivity index (χ1n) is 7.88. The Morgan fingerprint density at radius 3 is 1.76 bits per heavy atom. The summed E-state index contributed by atoms with van der Waals surface area (Å²) in [7, 11) is 0. The van der Waals surface area contributed by atoms with Crippen molar-refractivity contribution in [3.05, 3.63) is 60.2 Å². The molecule has 0 aliphatic carbocycles. The Balaban J connectivity index is 2.22. The second-order valence-electron chi connectivity index (χ2n) is 6.09. The van der Waals surface area contributed by atoms with Gasteiger partial charge in [-0.15, -0.1) is 0 Å². The highest BCUT2D eigenvalue weighted by atomic mass is 16.3. The zero-order chi connectivity index (χ0) is 17.7. The first kappa shape index (κ1) is 15.1. The number of benzene rings is 4. The molecule has 0 aliphatic rings. The third-order valence-corrected chi connectivity index (χ3v) is 4.67. The monoisotopic (exact) mass is 332 g/mol. The minimum Gasteiger partial charge on any atom is -0.504 e. The van der Waals surface area contributed by atoms with Gasteiger partial charge in [-0.2, -0.15) is 0 Å². The van der Waals surface area contributed by atoms with E-state index in [2.05, 4.69) is 0 Å². The molecule has 0 atom stereocenters. The highest BCUT2D eigenvalue weighted by molar-refractivity contribution is 6.15. The van der Waals surface area contributed by atoms with E-state index in [1.54, 1.807) is 0 Å². The predicted octanol–water partition coefficient (Wildman–Crippen LogP) is 4.79. The molecule has 0 saturated carbocycles. The van der Waals surface area contributed by atoms with Gasteiger partial charge in [-0.1, -0.05) is 48.5 Å². The molecule has 0 bridgehead atoms. The minimum absolute atomic E-state index is 0.0163. The molecule has 4 rings (SSSR count). The first-order valence-corrected chi connectivity index (χ1v) is 7.88. The van der Waals surface area contributed by atoms with Crippen molar-refractivity contribution < 1.29 is 20.4 Å². The van der Waals surface area contributed by atoms with E-state index in [0.29, 0.717) is 5.56 Å². The summed E-state index contributed by atoms with van der Waals surface area (Å²) in [5.41, 5.74) is 0.585. The Morgan fingerprint density at radius 2 is 1.12 bits per heavy atom. The summed E-state index contributed by atoms with van der Waals surface area (Å²) in [5.74, 6) is -1.79. The SMILES string of the molecule is Cc1c(O)c(O)c(-c2cc3ccccc3c3ccccc23)c(O)c1O. The van der Waals surface area contributed by atoms with Crippen LogP contribution < -0.4 is 0 Å². The van der Waals surface area contributed by atoms with Gasteiger partial charge in [0.25, 0.3) is 0 Å². The Bertz CT molecular complexity index is 1120. The molecule has 0 amide bonds. The molecule has 0 spiro atoms. The maximum Gasteiger partial charge on any atom is 0.169 e. The van der Waals surface area contributed by atoms with Gasteiger partial charge < -0.3 is 20.4 Å². The van der Waals surface area contributed by atoms with Crippen molar-refractivity contribution in [1.29, 1.82) is 0 Å². The maximum absolute atomic E-state index is 10.4. The van der Waals surface area contributed by atoms with Crippen LogP contribution in [0.4, 0.5) is 0 Å². The average molecular weight is 332 g/mol. The molecule has 4 aromatic rings. The molecule has 4 nitrogen and oxygen atoms in total. The van der Waals surface area contributed by atoms with Crippen molar-refractivity contribution in [3.63, 3.8) is 0 Å². The normalized spacial score (nSPS) is 11.2. The van der Waals surface area contributed by atoms with Gasteiger partial charge in [-0.3, -0.25) is 0 Å². The summed E-state index contributed by atoms with van der Waals surface area (Å²) < 4.78 is 0. The van der Waals surface area contributed by atoms with E-state index in [-0.39, 0.29) is 11.1 Å². The van der Waals surface area contributed by atoms with Crippen LogP contribution in [-0.2, 0) is 0 Å². The van der Waals surface area contributed by atoms with E-state index in [0.717, 1.165) is 21.5 Å². The first-order chi connectivity index (χ1) is 12.0. The summed E-state index contributed by atoms with van der Waals surface area (Å²) >= 11 is 0. The quantitative estimate of drug-likeness (QED) is 0.229. The summed E-state index contributed by atoms with van der Waals surface area (Å²) in [4.78, 5) is 0. The minimum atomic E-state index is -0.451. The standard InChI is InChI=1S/C21H16O4/c1-11-18(22)20(24)17(21(25)19(11)23)16-10-12-6-2-3-7-13(12)14-8-4-5-9-15(14)16/h2-10,22-25H,1H3. The largest absolute Gasteiger partial charge is 0.504 e. The Labute approximate surface area is 143 Å². The van der Waals surface area contributed by atoms with Crippen LogP contribution in [0.25, 0.3) is 32.7 Å². The third-order valence-electron chi connectivity index (χ3n) is 4.67. The van der Waals surface area contributed by atoms with Crippen LogP contribution >= 0.6 is 0 Å². The van der Waals surface area contributed by atoms with Gasteiger partial charge in [0.15, 0.2) is 23.0 Å². The molecule has 4 N–H and O–H groups in total. The lowest BCUT2D eigenvalue weighted by atomic mass is 9.91. The molecule has 0 radical (unpaired) electrons. The fourth-order valence-electron chi connectivity index (χ4n) is 3.33. The average Bonchev–Trinajstić information content (AvgIpc) is 2.65. The third kappa shape index (κ3) is 2.08. The molecule has 0 fully saturated rings. The number of rotatable bonds is 1. The van der Waals surface area contributed by atoms with Crippen LogP contribution in [-0.4, -0.2) is 20.4 Å². The predicted molar refractivity (Wildman–Crippen MR) is 98.3 cm³/mol. The smallest absolute Gasteiger partial charge is 0.169 e. The lowest BCUT2D eigenvalue weighted by Gasteiger charge is -2.16. The zero-order valence-corrected chi connectivity index (χ0v) is 13.5. The number of hydrogen-bond donors (Lipinski definition) is 4. The van der Waals surface area contributed by atoms with Crippen molar-refractivity contribution >= 4 is 21.5 Å². The van der Waals surface area contributed by atoms with E-state index >= 15 is 0 Å². The number of aromatic hydroxyl groups is 4. The molecule has 124 valence electrons. The second-order valence-corrected chi connectivity index (χ2v) is 6.09. The van der Waals surface area contributed by atoms with Crippen LogP contribution in [0.15, 0.2) is 54.6 Å². The fourth-order valence-corrected chi connectivity index (χ4v) is 3.33. The molecule has 0 saturated heterocycles. The van der Waals surface area contributed by atoms with Crippen molar-refractivity contribution in [2.45, 2.75) is 6.92 Å². The maximum atomic E-state index is 10.4. The van der Waals surface area contributed by atoms with Gasteiger partial charge in [0.05, 0.1) is 5.56 Å². The van der Waals surface area contributed by atoms with Gasteiger partial charge in [0, 0.05) is 5.56 Å². The number of phenolic OH excluding ortho intramolecular Hbond substituents is 4. The summed E-state index contributed by atoms with van der Waals surface area (Å²) in [6.45, 7) is 1.42. The molecule has 4 heteroatoms. The van der Waals surface area contributed by atoms with Gasteiger partial charge in [-0.05, 0) is 40.1 Å². The van der Waals surface area contributed by atoms with Crippen molar-refractivity contribution in [3.8, 4) is 34.1 Å². The highest BCUT2D eigenvalue weighted by Crippen LogP contribution is 2.52. The fraction of sp³-hybridized carbons (Fsp3) is 0.0476. The van der Waals surface area contributed by atoms with Gasteiger partial charge in [-0.25, -0.2) is 0 Å². The molecule has 25 heavy (non-hydrogen) atoms. The molecule has 0 aromatic heterocycles. The molecule has 4 aromatic carbocycles.